The summed E-state index contributed by atoms with van der Waals surface area (Å²) in [6.45, 7) is 12.3. The highest BCUT2D eigenvalue weighted by Crippen LogP contribution is 2.37. The van der Waals surface area contributed by atoms with Crippen LogP contribution in [0, 0.1) is 17.8 Å². The first-order valence-electron chi connectivity index (χ1n) is 7.66. The Labute approximate surface area is 107 Å². The summed E-state index contributed by atoms with van der Waals surface area (Å²) in [4.78, 5) is 2.71. The summed E-state index contributed by atoms with van der Waals surface area (Å²) >= 11 is 0. The van der Waals surface area contributed by atoms with Gasteiger partial charge in [-0.05, 0) is 56.5 Å². The van der Waals surface area contributed by atoms with Gasteiger partial charge in [0.2, 0.25) is 0 Å². The number of nitrogens with zero attached hydrogens (tertiary/aromatic N) is 1. The van der Waals surface area contributed by atoms with Crippen LogP contribution in [0.5, 0.6) is 0 Å². The van der Waals surface area contributed by atoms with Gasteiger partial charge in [-0.25, -0.2) is 0 Å². The van der Waals surface area contributed by atoms with Crippen molar-refractivity contribution in [2.75, 3.05) is 26.2 Å². The molecule has 0 bridgehead atoms. The molecule has 3 unspecified atom stereocenters. The Morgan fingerprint density at radius 1 is 1.29 bits per heavy atom. The first kappa shape index (κ1) is 13.4. The van der Waals surface area contributed by atoms with Crippen molar-refractivity contribution in [3.63, 3.8) is 0 Å². The normalized spacial score (nSPS) is 32.6. The van der Waals surface area contributed by atoms with E-state index in [2.05, 4.69) is 31.0 Å². The quantitative estimate of drug-likeness (QED) is 0.765. The molecule has 2 rings (SSSR count). The lowest BCUT2D eigenvalue weighted by Crippen LogP contribution is -2.49. The number of rotatable bonds is 6. The van der Waals surface area contributed by atoms with Gasteiger partial charge >= 0.3 is 0 Å². The Kier molecular flexibility index (Phi) is 4.87. The highest BCUT2D eigenvalue weighted by Gasteiger charge is 2.31. The summed E-state index contributed by atoms with van der Waals surface area (Å²) in [6, 6.07) is 0.766. The van der Waals surface area contributed by atoms with Gasteiger partial charge in [-0.15, -0.1) is 0 Å². The van der Waals surface area contributed by atoms with E-state index >= 15 is 0 Å². The molecule has 1 aliphatic heterocycles. The smallest absolute Gasteiger partial charge is 0.0117 e. The molecular formula is C15H30N2. The van der Waals surface area contributed by atoms with Gasteiger partial charge in [0.25, 0.3) is 0 Å². The average Bonchev–Trinajstić information content (AvgIpc) is 3.11. The maximum atomic E-state index is 3.70. The molecule has 2 nitrogen and oxygen atoms in total. The fraction of sp³-hybridized carbons (Fsp3) is 1.00. The van der Waals surface area contributed by atoms with Crippen LogP contribution >= 0.6 is 0 Å². The third kappa shape index (κ3) is 3.96. The van der Waals surface area contributed by atoms with E-state index in [9.17, 15) is 0 Å². The second-order valence-corrected chi connectivity index (χ2v) is 6.40. The van der Waals surface area contributed by atoms with Gasteiger partial charge in [0.05, 0.1) is 0 Å². The van der Waals surface area contributed by atoms with Crippen molar-refractivity contribution < 1.29 is 0 Å². The zero-order valence-electron chi connectivity index (χ0n) is 11.9. The molecule has 0 aromatic rings. The minimum atomic E-state index is 0.766. The minimum Gasteiger partial charge on any atom is -0.314 e. The van der Waals surface area contributed by atoms with Gasteiger partial charge in [-0.2, -0.15) is 0 Å². The minimum absolute atomic E-state index is 0.766. The van der Waals surface area contributed by atoms with E-state index in [1.165, 1.54) is 51.9 Å². The van der Waals surface area contributed by atoms with Crippen molar-refractivity contribution in [2.24, 2.45) is 17.8 Å². The first-order chi connectivity index (χ1) is 8.20. The molecule has 100 valence electrons. The predicted octanol–water partition coefficient (Wildman–Crippen LogP) is 2.74. The fourth-order valence-electron chi connectivity index (χ4n) is 3.25. The number of piperidine rings is 1. The summed E-state index contributed by atoms with van der Waals surface area (Å²) in [5.41, 5.74) is 0. The monoisotopic (exact) mass is 238 g/mol. The second kappa shape index (κ2) is 6.19. The average molecular weight is 238 g/mol. The molecule has 3 atom stereocenters. The molecule has 0 aromatic heterocycles. The van der Waals surface area contributed by atoms with Crippen LogP contribution in [-0.4, -0.2) is 37.1 Å². The van der Waals surface area contributed by atoms with E-state index in [1.807, 2.05) is 0 Å². The largest absolute Gasteiger partial charge is 0.314 e. The zero-order chi connectivity index (χ0) is 12.3. The lowest BCUT2D eigenvalue weighted by molar-refractivity contribution is 0.127. The van der Waals surface area contributed by atoms with Crippen LogP contribution < -0.4 is 5.32 Å². The number of hydrogen-bond donors (Lipinski definition) is 1. The van der Waals surface area contributed by atoms with E-state index < -0.39 is 0 Å². The Balaban J connectivity index is 1.70. The summed E-state index contributed by atoms with van der Waals surface area (Å²) in [6.07, 6.45) is 5.58. The topological polar surface area (TPSA) is 15.3 Å². The third-order valence-corrected chi connectivity index (χ3v) is 4.62. The van der Waals surface area contributed by atoms with Crippen LogP contribution in [0.25, 0.3) is 0 Å². The van der Waals surface area contributed by atoms with Gasteiger partial charge in [0.1, 0.15) is 0 Å². The maximum absolute atomic E-state index is 3.70. The molecule has 2 fully saturated rings. The van der Waals surface area contributed by atoms with Gasteiger partial charge in [0, 0.05) is 19.1 Å². The van der Waals surface area contributed by atoms with E-state index in [4.69, 9.17) is 0 Å². The van der Waals surface area contributed by atoms with E-state index in [-0.39, 0.29) is 0 Å². The Hall–Kier alpha value is -0.0800. The molecule has 17 heavy (non-hydrogen) atoms. The van der Waals surface area contributed by atoms with E-state index in [0.29, 0.717) is 0 Å². The summed E-state index contributed by atoms with van der Waals surface area (Å²) in [5.74, 6) is 2.81. The molecule has 1 saturated carbocycles. The van der Waals surface area contributed by atoms with Gasteiger partial charge < -0.3 is 10.2 Å². The van der Waals surface area contributed by atoms with E-state index in [1.54, 1.807) is 0 Å². The highest BCUT2D eigenvalue weighted by molar-refractivity contribution is 4.86. The molecular weight excluding hydrogens is 208 g/mol. The van der Waals surface area contributed by atoms with Crippen LogP contribution in [-0.2, 0) is 0 Å². The maximum Gasteiger partial charge on any atom is 0.0117 e. The van der Waals surface area contributed by atoms with Gasteiger partial charge in [0.15, 0.2) is 0 Å². The molecule has 1 heterocycles. The second-order valence-electron chi connectivity index (χ2n) is 6.40. The van der Waals surface area contributed by atoms with Crippen molar-refractivity contribution in [3.8, 4) is 0 Å². The Bertz CT molecular complexity index is 225. The van der Waals surface area contributed by atoms with Crippen LogP contribution in [0.1, 0.15) is 46.5 Å². The lowest BCUT2D eigenvalue weighted by atomic mass is 9.92. The van der Waals surface area contributed by atoms with Crippen molar-refractivity contribution in [1.29, 1.82) is 0 Å². The number of hydrogen-bond acceptors (Lipinski definition) is 2. The van der Waals surface area contributed by atoms with Crippen molar-refractivity contribution in [1.82, 2.24) is 10.2 Å². The SMILES string of the molecule is CCCNC1CCN(CC(C)C2CC2)CC1C. The predicted molar refractivity (Wildman–Crippen MR) is 74.2 cm³/mol. The molecule has 2 heteroatoms. The third-order valence-electron chi connectivity index (χ3n) is 4.62. The fourth-order valence-corrected chi connectivity index (χ4v) is 3.25. The van der Waals surface area contributed by atoms with Crippen molar-refractivity contribution in [3.05, 3.63) is 0 Å². The first-order valence-corrected chi connectivity index (χ1v) is 7.66. The summed E-state index contributed by atoms with van der Waals surface area (Å²) in [5, 5.41) is 3.70. The zero-order valence-corrected chi connectivity index (χ0v) is 11.9. The van der Waals surface area contributed by atoms with E-state index in [0.717, 1.165) is 23.8 Å². The molecule has 0 radical (unpaired) electrons. The molecule has 1 aliphatic carbocycles. The molecule has 2 aliphatic rings. The van der Waals surface area contributed by atoms with Crippen LogP contribution in [0.15, 0.2) is 0 Å². The van der Waals surface area contributed by atoms with Crippen molar-refractivity contribution >= 4 is 0 Å². The van der Waals surface area contributed by atoms with Crippen LogP contribution in [0.4, 0.5) is 0 Å². The standard InChI is InChI=1S/C15H30N2/c1-4-8-16-15-7-9-17(11-13(15)3)10-12(2)14-5-6-14/h12-16H,4-11H2,1-3H3. The van der Waals surface area contributed by atoms with Crippen LogP contribution in [0.2, 0.25) is 0 Å². The molecule has 0 amide bonds. The Morgan fingerprint density at radius 3 is 2.65 bits per heavy atom. The number of nitrogens with one attached hydrogen (secondary N) is 1. The van der Waals surface area contributed by atoms with Gasteiger partial charge in [-0.3, -0.25) is 0 Å². The molecule has 0 spiro atoms. The van der Waals surface area contributed by atoms with Gasteiger partial charge in [-0.1, -0.05) is 20.8 Å². The Morgan fingerprint density at radius 2 is 2.06 bits per heavy atom. The number of likely N-dealkylation sites (tertiary alicyclic amines) is 1. The molecule has 1 N–H and O–H groups in total. The molecule has 0 aromatic carbocycles. The summed E-state index contributed by atoms with van der Waals surface area (Å²) in [7, 11) is 0. The summed E-state index contributed by atoms with van der Waals surface area (Å²) < 4.78 is 0. The van der Waals surface area contributed by atoms with Crippen LogP contribution in [0.3, 0.4) is 0 Å². The lowest BCUT2D eigenvalue weighted by Gasteiger charge is -2.38. The highest BCUT2D eigenvalue weighted by atomic mass is 15.1. The molecule has 1 saturated heterocycles. The van der Waals surface area contributed by atoms with Crippen molar-refractivity contribution in [2.45, 2.75) is 52.5 Å².